The summed E-state index contributed by atoms with van der Waals surface area (Å²) in [4.78, 5) is 2.37. The first-order valence-corrected chi connectivity index (χ1v) is 14.4. The zero-order valence-electron chi connectivity index (χ0n) is 23.6. The quantitative estimate of drug-likeness (QED) is 0.204. The number of anilines is 3. The highest BCUT2D eigenvalue weighted by atomic mass is 15.1. The van der Waals surface area contributed by atoms with Crippen LogP contribution in [0, 0.1) is 6.92 Å². The van der Waals surface area contributed by atoms with Crippen molar-refractivity contribution in [2.45, 2.75) is 6.92 Å². The highest BCUT2D eigenvalue weighted by Crippen LogP contribution is 2.41. The van der Waals surface area contributed by atoms with Crippen molar-refractivity contribution in [3.8, 4) is 33.4 Å². The lowest BCUT2D eigenvalue weighted by molar-refractivity contribution is 1.30. The molecular formula is C41H31N. The van der Waals surface area contributed by atoms with Crippen LogP contribution in [0.1, 0.15) is 5.56 Å². The molecule has 0 radical (unpaired) electrons. The zero-order valence-corrected chi connectivity index (χ0v) is 23.6. The van der Waals surface area contributed by atoms with Crippen LogP contribution < -0.4 is 4.90 Å². The van der Waals surface area contributed by atoms with Gasteiger partial charge in [-0.3, -0.25) is 0 Å². The summed E-state index contributed by atoms with van der Waals surface area (Å²) in [6, 6.07) is 61.0. The van der Waals surface area contributed by atoms with E-state index in [2.05, 4.69) is 182 Å². The van der Waals surface area contributed by atoms with Crippen LogP contribution in [-0.4, -0.2) is 0 Å². The van der Waals surface area contributed by atoms with E-state index < -0.39 is 0 Å². The van der Waals surface area contributed by atoms with Gasteiger partial charge in [-0.2, -0.15) is 0 Å². The maximum Gasteiger partial charge on any atom is 0.0540 e. The third-order valence-corrected chi connectivity index (χ3v) is 7.97. The number of benzene rings is 7. The van der Waals surface area contributed by atoms with Crippen molar-refractivity contribution in [2.24, 2.45) is 0 Å². The first-order valence-electron chi connectivity index (χ1n) is 14.4. The number of hydrogen-bond acceptors (Lipinski definition) is 1. The number of nitrogens with zero attached hydrogens (tertiary/aromatic N) is 1. The largest absolute Gasteiger partial charge is 0.310 e. The van der Waals surface area contributed by atoms with Crippen molar-refractivity contribution < 1.29 is 0 Å². The predicted molar refractivity (Wildman–Crippen MR) is 180 cm³/mol. The molecule has 0 spiro atoms. The van der Waals surface area contributed by atoms with E-state index in [1.807, 2.05) is 0 Å². The molecule has 0 aromatic heterocycles. The van der Waals surface area contributed by atoms with Gasteiger partial charge in [-0.25, -0.2) is 0 Å². The van der Waals surface area contributed by atoms with Crippen molar-refractivity contribution >= 4 is 27.8 Å². The van der Waals surface area contributed by atoms with E-state index in [1.165, 1.54) is 49.7 Å². The molecule has 0 amide bonds. The summed E-state index contributed by atoms with van der Waals surface area (Å²) < 4.78 is 0. The van der Waals surface area contributed by atoms with Crippen molar-refractivity contribution in [3.63, 3.8) is 0 Å². The second kappa shape index (κ2) is 11.2. The average molecular weight is 538 g/mol. The normalized spacial score (nSPS) is 11.0. The summed E-state index contributed by atoms with van der Waals surface area (Å²) in [5.41, 5.74) is 12.0. The Bertz CT molecular complexity index is 1950. The number of aryl methyl sites for hydroxylation is 1. The molecule has 7 rings (SSSR count). The van der Waals surface area contributed by atoms with E-state index in [4.69, 9.17) is 0 Å². The van der Waals surface area contributed by atoms with Crippen LogP contribution >= 0.6 is 0 Å². The summed E-state index contributed by atoms with van der Waals surface area (Å²) in [7, 11) is 0. The van der Waals surface area contributed by atoms with Crippen LogP contribution in [0.25, 0.3) is 44.2 Å². The first kappa shape index (κ1) is 25.6. The van der Waals surface area contributed by atoms with Crippen molar-refractivity contribution in [1.29, 1.82) is 0 Å². The van der Waals surface area contributed by atoms with Gasteiger partial charge in [0.1, 0.15) is 0 Å². The fourth-order valence-corrected chi connectivity index (χ4v) is 5.77. The van der Waals surface area contributed by atoms with Crippen molar-refractivity contribution in [2.75, 3.05) is 4.90 Å². The minimum absolute atomic E-state index is 1.12. The molecule has 0 aliphatic heterocycles. The summed E-state index contributed by atoms with van der Waals surface area (Å²) in [5.74, 6) is 0. The minimum Gasteiger partial charge on any atom is -0.310 e. The van der Waals surface area contributed by atoms with Crippen LogP contribution in [0.5, 0.6) is 0 Å². The van der Waals surface area contributed by atoms with Crippen LogP contribution in [-0.2, 0) is 0 Å². The Labute approximate surface area is 248 Å². The molecule has 200 valence electrons. The Balaban J connectivity index is 1.32. The SMILES string of the molecule is Cc1ccc(-c2ccccc2-c2ccc(N(c3ccc(-c4ccccc4)cc3)c3cccc4ccccc34)cc2)cc1. The maximum absolute atomic E-state index is 2.37. The molecule has 0 aliphatic carbocycles. The van der Waals surface area contributed by atoms with E-state index in [0.29, 0.717) is 0 Å². The monoisotopic (exact) mass is 537 g/mol. The molecule has 0 unspecified atom stereocenters. The molecule has 0 heterocycles. The summed E-state index contributed by atoms with van der Waals surface area (Å²) in [5, 5.41) is 2.45. The van der Waals surface area contributed by atoms with Crippen LogP contribution in [0.15, 0.2) is 170 Å². The number of rotatable bonds is 6. The van der Waals surface area contributed by atoms with Crippen LogP contribution in [0.3, 0.4) is 0 Å². The molecule has 0 N–H and O–H groups in total. The third-order valence-electron chi connectivity index (χ3n) is 7.97. The van der Waals surface area contributed by atoms with Crippen molar-refractivity contribution in [1.82, 2.24) is 0 Å². The van der Waals surface area contributed by atoms with Crippen LogP contribution in [0.2, 0.25) is 0 Å². The number of fused-ring (bicyclic) bond motifs is 1. The van der Waals surface area contributed by atoms with Gasteiger partial charge in [-0.15, -0.1) is 0 Å². The standard InChI is InChI=1S/C41H31N/c1-30-18-20-34(21-19-30)38-14-7-8-15-39(38)35-24-28-37(29-25-35)42(41-17-9-13-33-12-5-6-16-40(33)41)36-26-22-32(23-27-36)31-10-3-2-4-11-31/h2-29H,1H3. The highest BCUT2D eigenvalue weighted by Gasteiger charge is 2.16. The highest BCUT2D eigenvalue weighted by molar-refractivity contribution is 5.99. The van der Waals surface area contributed by atoms with Gasteiger partial charge in [0.2, 0.25) is 0 Å². The molecule has 0 atom stereocenters. The fraction of sp³-hybridized carbons (Fsp3) is 0.0244. The Kier molecular flexibility index (Phi) is 6.84. The molecule has 1 nitrogen and oxygen atoms in total. The second-order valence-corrected chi connectivity index (χ2v) is 10.7. The smallest absolute Gasteiger partial charge is 0.0540 e. The van der Waals surface area contributed by atoms with Gasteiger partial charge in [0.15, 0.2) is 0 Å². The van der Waals surface area contributed by atoms with Gasteiger partial charge >= 0.3 is 0 Å². The topological polar surface area (TPSA) is 3.24 Å². The van der Waals surface area contributed by atoms with Crippen molar-refractivity contribution in [3.05, 3.63) is 175 Å². The van der Waals surface area contributed by atoms with E-state index in [9.17, 15) is 0 Å². The Morgan fingerprint density at radius 1 is 0.357 bits per heavy atom. The predicted octanol–water partition coefficient (Wildman–Crippen LogP) is 11.6. The molecule has 0 aliphatic rings. The van der Waals surface area contributed by atoms with E-state index in [1.54, 1.807) is 0 Å². The molecule has 7 aromatic rings. The lowest BCUT2D eigenvalue weighted by atomic mass is 9.94. The van der Waals surface area contributed by atoms with Gasteiger partial charge in [-0.05, 0) is 76.0 Å². The molecular weight excluding hydrogens is 506 g/mol. The molecule has 42 heavy (non-hydrogen) atoms. The second-order valence-electron chi connectivity index (χ2n) is 10.7. The fourth-order valence-electron chi connectivity index (χ4n) is 5.77. The van der Waals surface area contributed by atoms with Crippen LogP contribution in [0.4, 0.5) is 17.1 Å². The maximum atomic E-state index is 2.37. The van der Waals surface area contributed by atoms with Gasteiger partial charge < -0.3 is 4.90 Å². The summed E-state index contributed by atoms with van der Waals surface area (Å²) in [6.45, 7) is 2.13. The summed E-state index contributed by atoms with van der Waals surface area (Å²) in [6.07, 6.45) is 0. The third kappa shape index (κ3) is 4.98. The lowest BCUT2D eigenvalue weighted by Crippen LogP contribution is -2.10. The molecule has 0 fully saturated rings. The van der Waals surface area contributed by atoms with Gasteiger partial charge in [0.05, 0.1) is 5.69 Å². The van der Waals surface area contributed by atoms with Gasteiger partial charge in [-0.1, -0.05) is 145 Å². The lowest BCUT2D eigenvalue weighted by Gasteiger charge is -2.27. The molecule has 0 bridgehead atoms. The number of hydrogen-bond donors (Lipinski definition) is 0. The van der Waals surface area contributed by atoms with Gasteiger partial charge in [0.25, 0.3) is 0 Å². The first-order chi connectivity index (χ1) is 20.7. The Hall–Kier alpha value is -5.40. The molecule has 0 saturated heterocycles. The average Bonchev–Trinajstić information content (AvgIpc) is 3.06. The molecule has 7 aromatic carbocycles. The molecule has 0 saturated carbocycles. The Morgan fingerprint density at radius 2 is 0.833 bits per heavy atom. The van der Waals surface area contributed by atoms with E-state index in [-0.39, 0.29) is 0 Å². The minimum atomic E-state index is 1.12. The Morgan fingerprint density at radius 3 is 1.48 bits per heavy atom. The van der Waals surface area contributed by atoms with E-state index >= 15 is 0 Å². The zero-order chi connectivity index (χ0) is 28.3. The summed E-state index contributed by atoms with van der Waals surface area (Å²) >= 11 is 0. The van der Waals surface area contributed by atoms with E-state index in [0.717, 1.165) is 17.1 Å². The molecule has 1 heteroatoms. The van der Waals surface area contributed by atoms with Gasteiger partial charge in [0, 0.05) is 16.8 Å².